The molecule has 1 saturated heterocycles. The molecule has 1 N–H and O–H groups in total. The number of β-amino-alcohol motifs (C(OH)–C–C–N with tert-alkyl or cyclic N) is 1. The number of carbonyl (C=O) groups excluding carboxylic acids is 1. The molecule has 0 unspecified atom stereocenters. The van der Waals surface area contributed by atoms with Crippen molar-refractivity contribution in [1.82, 2.24) is 4.90 Å². The first-order valence-corrected chi connectivity index (χ1v) is 5.84. The summed E-state index contributed by atoms with van der Waals surface area (Å²) in [5.74, 6) is 0.204. The molecule has 0 aromatic carbocycles. The van der Waals surface area contributed by atoms with Crippen molar-refractivity contribution in [3.8, 4) is 0 Å². The molecule has 0 aliphatic carbocycles. The lowest BCUT2D eigenvalue weighted by atomic mass is 9.90. The quantitative estimate of drug-likeness (QED) is 0.776. The molecule has 0 aromatic heterocycles. The molecule has 15 heavy (non-hydrogen) atoms. The lowest BCUT2D eigenvalue weighted by Crippen LogP contribution is -2.29. The van der Waals surface area contributed by atoms with Crippen LogP contribution in [0.25, 0.3) is 0 Å². The van der Waals surface area contributed by atoms with Crippen LogP contribution in [0.15, 0.2) is 0 Å². The van der Waals surface area contributed by atoms with Crippen LogP contribution in [0.5, 0.6) is 0 Å². The predicted octanol–water partition coefficient (Wildman–Crippen LogP) is 1.80. The van der Waals surface area contributed by atoms with Gasteiger partial charge in [0.25, 0.3) is 0 Å². The average molecular weight is 213 g/mol. The van der Waals surface area contributed by atoms with Gasteiger partial charge in [0.1, 0.15) is 0 Å². The van der Waals surface area contributed by atoms with E-state index in [9.17, 15) is 9.90 Å². The fraction of sp³-hybridized carbons (Fsp3) is 0.917. The SMILES string of the molecule is CC(C)(C)CCCC(=O)N1CC[C@H](O)C1. The number of aliphatic hydroxyl groups excluding tert-OH is 1. The molecule has 1 aliphatic heterocycles. The summed E-state index contributed by atoms with van der Waals surface area (Å²) in [7, 11) is 0. The summed E-state index contributed by atoms with van der Waals surface area (Å²) in [6.45, 7) is 7.84. The molecule has 1 aliphatic rings. The van der Waals surface area contributed by atoms with E-state index in [0.717, 1.165) is 25.8 Å². The minimum Gasteiger partial charge on any atom is -0.391 e. The Labute approximate surface area is 92.5 Å². The van der Waals surface area contributed by atoms with Crippen LogP contribution in [0, 0.1) is 5.41 Å². The van der Waals surface area contributed by atoms with Crippen molar-refractivity contribution < 1.29 is 9.90 Å². The molecular formula is C12H23NO2. The second-order valence-electron chi connectivity index (χ2n) is 5.70. The zero-order valence-electron chi connectivity index (χ0n) is 10.1. The molecule has 1 fully saturated rings. The molecule has 0 saturated carbocycles. The largest absolute Gasteiger partial charge is 0.391 e. The Morgan fingerprint density at radius 3 is 2.60 bits per heavy atom. The number of nitrogens with zero attached hydrogens (tertiary/aromatic N) is 1. The van der Waals surface area contributed by atoms with Gasteiger partial charge in [-0.15, -0.1) is 0 Å². The van der Waals surface area contributed by atoms with E-state index in [1.54, 1.807) is 4.90 Å². The van der Waals surface area contributed by atoms with Gasteiger partial charge in [-0.25, -0.2) is 0 Å². The lowest BCUT2D eigenvalue weighted by molar-refractivity contribution is -0.130. The van der Waals surface area contributed by atoms with Crippen molar-refractivity contribution in [3.05, 3.63) is 0 Å². The Balaban J connectivity index is 2.19. The van der Waals surface area contributed by atoms with Crippen molar-refractivity contribution in [2.75, 3.05) is 13.1 Å². The van der Waals surface area contributed by atoms with Crippen LogP contribution in [0.4, 0.5) is 0 Å². The van der Waals surface area contributed by atoms with E-state index in [2.05, 4.69) is 20.8 Å². The van der Waals surface area contributed by atoms with Crippen molar-refractivity contribution in [2.24, 2.45) is 5.41 Å². The molecule has 3 nitrogen and oxygen atoms in total. The summed E-state index contributed by atoms with van der Waals surface area (Å²) in [5, 5.41) is 9.31. The predicted molar refractivity (Wildman–Crippen MR) is 60.5 cm³/mol. The van der Waals surface area contributed by atoms with E-state index < -0.39 is 0 Å². The standard InChI is InChI=1S/C12H23NO2/c1-12(2,3)7-4-5-11(15)13-8-6-10(14)9-13/h10,14H,4-9H2,1-3H3/t10-/m0/s1. The first-order valence-electron chi connectivity index (χ1n) is 5.84. The third kappa shape index (κ3) is 4.65. The van der Waals surface area contributed by atoms with Gasteiger partial charge in [0.2, 0.25) is 5.91 Å². The van der Waals surface area contributed by atoms with Crippen molar-refractivity contribution >= 4 is 5.91 Å². The maximum Gasteiger partial charge on any atom is 0.222 e. The minimum absolute atomic E-state index is 0.204. The van der Waals surface area contributed by atoms with Gasteiger partial charge >= 0.3 is 0 Å². The summed E-state index contributed by atoms with van der Waals surface area (Å²) in [6, 6.07) is 0. The fourth-order valence-electron chi connectivity index (χ4n) is 1.90. The summed E-state index contributed by atoms with van der Waals surface area (Å²) in [4.78, 5) is 13.5. The Hall–Kier alpha value is -0.570. The lowest BCUT2D eigenvalue weighted by Gasteiger charge is -2.19. The van der Waals surface area contributed by atoms with Crippen LogP contribution in [0.1, 0.15) is 46.5 Å². The molecule has 1 atom stereocenters. The van der Waals surface area contributed by atoms with Crippen LogP contribution in [0.2, 0.25) is 0 Å². The number of hydrogen-bond acceptors (Lipinski definition) is 2. The first-order chi connectivity index (χ1) is 6.88. The van der Waals surface area contributed by atoms with Crippen LogP contribution < -0.4 is 0 Å². The molecule has 3 heteroatoms. The highest BCUT2D eigenvalue weighted by atomic mass is 16.3. The van der Waals surface area contributed by atoms with Crippen LogP contribution in [-0.2, 0) is 4.79 Å². The number of hydrogen-bond donors (Lipinski definition) is 1. The Bertz CT molecular complexity index is 220. The maximum absolute atomic E-state index is 11.7. The highest BCUT2D eigenvalue weighted by Crippen LogP contribution is 2.22. The van der Waals surface area contributed by atoms with Gasteiger partial charge in [0, 0.05) is 19.5 Å². The van der Waals surface area contributed by atoms with Gasteiger partial charge in [-0.05, 0) is 24.7 Å². The number of rotatable bonds is 3. The smallest absolute Gasteiger partial charge is 0.222 e. The summed E-state index contributed by atoms with van der Waals surface area (Å²) in [5.41, 5.74) is 0.310. The van der Waals surface area contributed by atoms with E-state index in [-0.39, 0.29) is 12.0 Å². The van der Waals surface area contributed by atoms with E-state index in [1.807, 2.05) is 0 Å². The Morgan fingerprint density at radius 1 is 1.47 bits per heavy atom. The van der Waals surface area contributed by atoms with Crippen LogP contribution in [0.3, 0.4) is 0 Å². The maximum atomic E-state index is 11.7. The number of likely N-dealkylation sites (tertiary alicyclic amines) is 1. The van der Waals surface area contributed by atoms with E-state index >= 15 is 0 Å². The van der Waals surface area contributed by atoms with Gasteiger partial charge in [-0.3, -0.25) is 4.79 Å². The van der Waals surface area contributed by atoms with Gasteiger partial charge in [0.15, 0.2) is 0 Å². The zero-order chi connectivity index (χ0) is 11.5. The van der Waals surface area contributed by atoms with Crippen LogP contribution in [-0.4, -0.2) is 35.1 Å². The Kier molecular flexibility index (Phi) is 4.14. The topological polar surface area (TPSA) is 40.5 Å². The molecule has 0 radical (unpaired) electrons. The first kappa shape index (κ1) is 12.5. The molecular weight excluding hydrogens is 190 g/mol. The molecule has 1 rings (SSSR count). The minimum atomic E-state index is -0.295. The zero-order valence-corrected chi connectivity index (χ0v) is 10.1. The molecule has 0 aromatic rings. The summed E-state index contributed by atoms with van der Waals surface area (Å²) in [6.07, 6.45) is 3.11. The van der Waals surface area contributed by atoms with Gasteiger partial charge in [0.05, 0.1) is 6.10 Å². The van der Waals surface area contributed by atoms with E-state index in [0.29, 0.717) is 18.4 Å². The third-order valence-electron chi connectivity index (χ3n) is 2.83. The highest BCUT2D eigenvalue weighted by Gasteiger charge is 2.24. The number of carbonyl (C=O) groups is 1. The van der Waals surface area contributed by atoms with Crippen molar-refractivity contribution in [1.29, 1.82) is 0 Å². The summed E-state index contributed by atoms with van der Waals surface area (Å²) >= 11 is 0. The number of aliphatic hydroxyl groups is 1. The monoisotopic (exact) mass is 213 g/mol. The van der Waals surface area contributed by atoms with E-state index in [4.69, 9.17) is 0 Å². The van der Waals surface area contributed by atoms with Crippen molar-refractivity contribution in [3.63, 3.8) is 0 Å². The molecule has 1 amide bonds. The Morgan fingerprint density at radius 2 is 2.13 bits per heavy atom. The van der Waals surface area contributed by atoms with Gasteiger partial charge < -0.3 is 10.0 Å². The van der Waals surface area contributed by atoms with E-state index in [1.165, 1.54) is 0 Å². The fourth-order valence-corrected chi connectivity index (χ4v) is 1.90. The molecule has 0 bridgehead atoms. The molecule has 88 valence electrons. The van der Waals surface area contributed by atoms with Gasteiger partial charge in [-0.1, -0.05) is 20.8 Å². The van der Waals surface area contributed by atoms with Crippen LogP contribution >= 0.6 is 0 Å². The van der Waals surface area contributed by atoms with Gasteiger partial charge in [-0.2, -0.15) is 0 Å². The summed E-state index contributed by atoms with van der Waals surface area (Å²) < 4.78 is 0. The normalized spacial score (nSPS) is 22.1. The van der Waals surface area contributed by atoms with Crippen molar-refractivity contribution in [2.45, 2.75) is 52.6 Å². The third-order valence-corrected chi connectivity index (χ3v) is 2.83. The molecule has 0 spiro atoms. The highest BCUT2D eigenvalue weighted by molar-refractivity contribution is 5.76. The second-order valence-corrected chi connectivity index (χ2v) is 5.70. The molecule has 1 heterocycles. The average Bonchev–Trinajstić information content (AvgIpc) is 2.49. The second kappa shape index (κ2) is 4.97. The number of amides is 1.